The van der Waals surface area contributed by atoms with Crippen molar-refractivity contribution in [1.82, 2.24) is 20.4 Å². The Morgan fingerprint density at radius 2 is 1.85 bits per heavy atom. The number of hydrogen-bond acceptors (Lipinski definition) is 4. The predicted molar refractivity (Wildman–Crippen MR) is 120 cm³/mol. The van der Waals surface area contributed by atoms with Crippen molar-refractivity contribution in [2.45, 2.75) is 26.1 Å². The summed E-state index contributed by atoms with van der Waals surface area (Å²) in [5, 5.41) is 11.4. The van der Waals surface area contributed by atoms with E-state index in [1.165, 1.54) is 18.2 Å². The number of nitrogens with zero attached hydrogens (tertiary/aromatic N) is 2. The van der Waals surface area contributed by atoms with Gasteiger partial charge in [-0.2, -0.15) is 18.3 Å². The van der Waals surface area contributed by atoms with E-state index in [-0.39, 0.29) is 44.7 Å². The summed E-state index contributed by atoms with van der Waals surface area (Å²) in [6.07, 6.45) is -1.71. The molecule has 0 radical (unpaired) electrons. The molecule has 0 saturated heterocycles. The number of hydrogen-bond donors (Lipinski definition) is 3. The average molecular weight is 523 g/mol. The highest BCUT2D eigenvalue weighted by molar-refractivity contribution is 6.38. The predicted octanol–water partition coefficient (Wildman–Crippen LogP) is 5.12. The number of halogens is 6. The molecule has 2 amide bonds. The van der Waals surface area contributed by atoms with E-state index in [2.05, 4.69) is 21.0 Å². The lowest BCUT2D eigenvalue weighted by Crippen LogP contribution is -2.31. The highest BCUT2D eigenvalue weighted by atomic mass is 35.5. The van der Waals surface area contributed by atoms with Gasteiger partial charge in [-0.15, -0.1) is 0 Å². The molecule has 0 atom stereocenters. The monoisotopic (exact) mass is 521 g/mol. The van der Waals surface area contributed by atoms with Crippen molar-refractivity contribution in [3.63, 3.8) is 0 Å². The van der Waals surface area contributed by atoms with Crippen LogP contribution >= 0.6 is 34.8 Å². The zero-order valence-electron chi connectivity index (χ0n) is 17.1. The van der Waals surface area contributed by atoms with Crippen LogP contribution in [0, 0.1) is 0 Å². The summed E-state index contributed by atoms with van der Waals surface area (Å²) in [6, 6.07) is 2.90. The van der Waals surface area contributed by atoms with Crippen molar-refractivity contribution in [2.75, 3.05) is 11.9 Å². The number of alkyl halides is 3. The van der Waals surface area contributed by atoms with E-state index in [1.54, 1.807) is 19.9 Å². The first-order valence-corrected chi connectivity index (χ1v) is 10.6. The summed E-state index contributed by atoms with van der Waals surface area (Å²) in [4.78, 5) is 25.7. The fourth-order valence-electron chi connectivity index (χ4n) is 2.91. The Morgan fingerprint density at radius 3 is 2.45 bits per heavy atom. The molecule has 0 bridgehead atoms. The van der Waals surface area contributed by atoms with Gasteiger partial charge >= 0.3 is 6.18 Å². The van der Waals surface area contributed by atoms with Crippen molar-refractivity contribution in [3.8, 4) is 0 Å². The number of dihydropyridines is 1. The molecule has 3 rings (SSSR count). The molecule has 7 nitrogen and oxygen atoms in total. The van der Waals surface area contributed by atoms with Gasteiger partial charge in [0.15, 0.2) is 5.69 Å². The lowest BCUT2D eigenvalue weighted by atomic mass is 10.1. The molecule has 0 unspecified atom stereocenters. The van der Waals surface area contributed by atoms with Crippen LogP contribution in [0.15, 0.2) is 35.4 Å². The Balaban J connectivity index is 2.08. The second-order valence-electron chi connectivity index (χ2n) is 7.20. The van der Waals surface area contributed by atoms with Crippen molar-refractivity contribution in [3.05, 3.63) is 62.4 Å². The van der Waals surface area contributed by atoms with E-state index in [4.69, 9.17) is 34.8 Å². The van der Waals surface area contributed by atoms with Crippen LogP contribution in [-0.4, -0.2) is 34.2 Å². The van der Waals surface area contributed by atoms with Gasteiger partial charge in [-0.1, -0.05) is 40.9 Å². The third kappa shape index (κ3) is 5.63. The summed E-state index contributed by atoms with van der Waals surface area (Å²) in [7, 11) is 0. The van der Waals surface area contributed by atoms with E-state index in [9.17, 15) is 22.8 Å². The Bertz CT molecular complexity index is 1170. The number of amides is 2. The quantitative estimate of drug-likeness (QED) is 0.508. The first-order chi connectivity index (χ1) is 15.4. The number of anilines is 1. The second kappa shape index (κ2) is 9.66. The Hall–Kier alpha value is -2.69. The smallest absolute Gasteiger partial charge is 0.365 e. The lowest BCUT2D eigenvalue weighted by Gasteiger charge is -2.18. The van der Waals surface area contributed by atoms with Gasteiger partial charge in [0, 0.05) is 23.7 Å². The highest BCUT2D eigenvalue weighted by Crippen LogP contribution is 2.33. The molecule has 1 aliphatic rings. The van der Waals surface area contributed by atoms with Crippen LogP contribution in [-0.2, 0) is 6.18 Å². The summed E-state index contributed by atoms with van der Waals surface area (Å²) < 4.78 is 40.8. The third-order valence-electron chi connectivity index (χ3n) is 4.28. The molecule has 0 saturated carbocycles. The van der Waals surface area contributed by atoms with Gasteiger partial charge in [-0.3, -0.25) is 9.59 Å². The number of aromatic nitrogens is 2. The van der Waals surface area contributed by atoms with Crippen LogP contribution in [0.4, 0.5) is 18.9 Å². The molecule has 0 spiro atoms. The molecular formula is C20H17Cl3F3N5O2. The molecule has 0 fully saturated rings. The van der Waals surface area contributed by atoms with Crippen LogP contribution in [0.2, 0.25) is 10.0 Å². The topological polar surface area (TPSA) is 88.1 Å². The van der Waals surface area contributed by atoms with Gasteiger partial charge in [0.1, 0.15) is 11.5 Å². The first kappa shape index (κ1) is 24.9. The maximum absolute atomic E-state index is 13.4. The molecular weight excluding hydrogens is 506 g/mol. The number of carbonyl (C=O) groups excluding carboxylic acids is 2. The zero-order chi connectivity index (χ0) is 24.5. The standard InChI is InChI=1S/C20H17Cl3F3N5O2/c1-9(2)28-18(32)11-6-10(21)7-13(23)16(11)29-19(33)14-8-15(20(24,25)26)30-31(14)17-12(22)4-3-5-27-17/h3-4,6-9,27H,5H2,1-2H3,(H,28,32)(H,29,33). The molecule has 2 heterocycles. The van der Waals surface area contributed by atoms with Crippen LogP contribution in [0.3, 0.4) is 0 Å². The fraction of sp³-hybridized carbons (Fsp3) is 0.250. The largest absolute Gasteiger partial charge is 0.435 e. The lowest BCUT2D eigenvalue weighted by molar-refractivity contribution is -0.141. The van der Waals surface area contributed by atoms with E-state index >= 15 is 0 Å². The van der Waals surface area contributed by atoms with Crippen molar-refractivity contribution in [2.24, 2.45) is 0 Å². The normalized spacial score (nSPS) is 13.8. The van der Waals surface area contributed by atoms with Crippen LogP contribution in [0.25, 0.3) is 5.82 Å². The summed E-state index contributed by atoms with van der Waals surface area (Å²) in [6.45, 7) is 3.71. The molecule has 1 aromatic heterocycles. The van der Waals surface area contributed by atoms with E-state index in [1.807, 2.05) is 0 Å². The van der Waals surface area contributed by atoms with Crippen LogP contribution in [0.5, 0.6) is 0 Å². The molecule has 176 valence electrons. The summed E-state index contributed by atoms with van der Waals surface area (Å²) >= 11 is 18.3. The molecule has 0 aliphatic carbocycles. The molecule has 1 aromatic carbocycles. The van der Waals surface area contributed by atoms with Crippen molar-refractivity contribution >= 4 is 58.1 Å². The maximum Gasteiger partial charge on any atom is 0.435 e. The fourth-order valence-corrected chi connectivity index (χ4v) is 3.68. The van der Waals surface area contributed by atoms with Gasteiger partial charge in [-0.05, 0) is 32.1 Å². The van der Waals surface area contributed by atoms with Crippen molar-refractivity contribution in [1.29, 1.82) is 0 Å². The average Bonchev–Trinajstić information content (AvgIpc) is 3.15. The third-order valence-corrected chi connectivity index (χ3v) is 5.10. The minimum Gasteiger partial charge on any atom is -0.365 e. The number of benzene rings is 1. The molecule has 33 heavy (non-hydrogen) atoms. The number of allylic oxidation sites excluding steroid dienone is 2. The van der Waals surface area contributed by atoms with Crippen LogP contribution < -0.4 is 16.0 Å². The van der Waals surface area contributed by atoms with E-state index in [0.29, 0.717) is 6.07 Å². The zero-order valence-corrected chi connectivity index (χ0v) is 19.4. The Labute approximate surface area is 201 Å². The number of carbonyl (C=O) groups is 2. The molecule has 13 heteroatoms. The first-order valence-electron chi connectivity index (χ1n) is 9.47. The summed E-state index contributed by atoms with van der Waals surface area (Å²) in [5.41, 5.74) is -1.98. The molecule has 2 aromatic rings. The van der Waals surface area contributed by atoms with Gasteiger partial charge in [-0.25, -0.2) is 4.68 Å². The van der Waals surface area contributed by atoms with E-state index in [0.717, 1.165) is 4.68 Å². The van der Waals surface area contributed by atoms with Gasteiger partial charge < -0.3 is 16.0 Å². The second-order valence-corrected chi connectivity index (χ2v) is 8.45. The van der Waals surface area contributed by atoms with Crippen molar-refractivity contribution < 1.29 is 22.8 Å². The Morgan fingerprint density at radius 1 is 1.15 bits per heavy atom. The van der Waals surface area contributed by atoms with Gasteiger partial charge in [0.25, 0.3) is 11.8 Å². The van der Waals surface area contributed by atoms with Gasteiger partial charge in [0.05, 0.1) is 21.3 Å². The summed E-state index contributed by atoms with van der Waals surface area (Å²) in [5.74, 6) is -1.60. The SMILES string of the molecule is CC(C)NC(=O)c1cc(Cl)cc(Cl)c1NC(=O)c1cc(C(F)(F)F)nn1C1=C(Cl)C=CCN1. The Kier molecular flexibility index (Phi) is 7.30. The number of rotatable bonds is 5. The molecule has 3 N–H and O–H groups in total. The van der Waals surface area contributed by atoms with Gasteiger partial charge in [0.2, 0.25) is 0 Å². The molecule has 1 aliphatic heterocycles. The maximum atomic E-state index is 13.4. The number of nitrogens with one attached hydrogen (secondary N) is 3. The minimum atomic E-state index is -4.82. The van der Waals surface area contributed by atoms with Crippen LogP contribution in [0.1, 0.15) is 40.4 Å². The van der Waals surface area contributed by atoms with E-state index < -0.39 is 29.4 Å². The minimum absolute atomic E-state index is 0.0141. The highest BCUT2D eigenvalue weighted by Gasteiger charge is 2.37.